The summed E-state index contributed by atoms with van der Waals surface area (Å²) in [6, 6.07) is 5.93. The van der Waals surface area contributed by atoms with Gasteiger partial charge in [0.05, 0.1) is 12.0 Å². The summed E-state index contributed by atoms with van der Waals surface area (Å²) in [5.41, 5.74) is 1.10. The van der Waals surface area contributed by atoms with Crippen molar-refractivity contribution in [2.75, 3.05) is 6.61 Å². The Kier molecular flexibility index (Phi) is 4.04. The molecule has 0 amide bonds. The van der Waals surface area contributed by atoms with E-state index in [1.165, 1.54) is 11.1 Å². The third-order valence-electron chi connectivity index (χ3n) is 6.77. The van der Waals surface area contributed by atoms with Gasteiger partial charge in [0.2, 0.25) is 0 Å². The minimum atomic E-state index is -1.24. The van der Waals surface area contributed by atoms with Crippen molar-refractivity contribution in [3.05, 3.63) is 34.9 Å². The zero-order valence-electron chi connectivity index (χ0n) is 14.8. The molecule has 4 atom stereocenters. The third-order valence-corrected chi connectivity index (χ3v) is 6.77. The van der Waals surface area contributed by atoms with Crippen LogP contribution in [0.15, 0.2) is 18.2 Å². The summed E-state index contributed by atoms with van der Waals surface area (Å²) < 4.78 is 0. The summed E-state index contributed by atoms with van der Waals surface area (Å²) in [5, 5.41) is 29.5. The summed E-state index contributed by atoms with van der Waals surface area (Å²) in [5.74, 6) is -0.547. The number of aliphatic hydroxyl groups excluding tert-OH is 1. The lowest BCUT2D eigenvalue weighted by Gasteiger charge is -2.53. The standard InChI is InChI=1S/C20H28O4/c1-18-9-4-10-19(2,17(22)23)16(18)8-5-13-11-14(6-7-15(13)18)20(3,24)12-21/h6-7,11,16,21,24H,4-5,8-10,12H2,1-3H3,(H,22,23)/t16-,18-,19-,20?/m1/s1. The number of hydrogen-bond donors (Lipinski definition) is 3. The summed E-state index contributed by atoms with van der Waals surface area (Å²) >= 11 is 0. The van der Waals surface area contributed by atoms with Gasteiger partial charge in [-0.25, -0.2) is 0 Å². The van der Waals surface area contributed by atoms with E-state index < -0.39 is 17.0 Å². The van der Waals surface area contributed by atoms with Gasteiger partial charge in [-0.15, -0.1) is 0 Å². The molecule has 2 aliphatic rings. The van der Waals surface area contributed by atoms with E-state index in [-0.39, 0.29) is 17.9 Å². The molecule has 1 fully saturated rings. The molecule has 1 saturated carbocycles. The number of aliphatic hydroxyl groups is 2. The van der Waals surface area contributed by atoms with E-state index >= 15 is 0 Å². The van der Waals surface area contributed by atoms with E-state index in [1.807, 2.05) is 19.1 Å². The number of aryl methyl sites for hydroxylation is 1. The van der Waals surface area contributed by atoms with Gasteiger partial charge in [0.1, 0.15) is 5.60 Å². The fraction of sp³-hybridized carbons (Fsp3) is 0.650. The molecule has 4 heteroatoms. The number of rotatable bonds is 3. The highest BCUT2D eigenvalue weighted by Crippen LogP contribution is 2.57. The van der Waals surface area contributed by atoms with E-state index in [1.54, 1.807) is 6.92 Å². The number of carbonyl (C=O) groups is 1. The average molecular weight is 332 g/mol. The number of fused-ring (bicyclic) bond motifs is 3. The monoisotopic (exact) mass is 332 g/mol. The molecule has 3 rings (SSSR count). The lowest BCUT2D eigenvalue weighted by atomic mass is 9.50. The van der Waals surface area contributed by atoms with Crippen molar-refractivity contribution < 1.29 is 20.1 Å². The Morgan fingerprint density at radius 1 is 1.33 bits per heavy atom. The van der Waals surface area contributed by atoms with Crippen LogP contribution in [-0.2, 0) is 22.2 Å². The van der Waals surface area contributed by atoms with Crippen LogP contribution in [-0.4, -0.2) is 27.9 Å². The van der Waals surface area contributed by atoms with E-state index in [0.717, 1.165) is 37.7 Å². The lowest BCUT2D eigenvalue weighted by molar-refractivity contribution is -0.157. The van der Waals surface area contributed by atoms with Crippen LogP contribution in [0.4, 0.5) is 0 Å². The molecule has 1 aromatic carbocycles. The number of carboxylic acid groups (broad SMARTS) is 1. The summed E-state index contributed by atoms with van der Waals surface area (Å²) in [7, 11) is 0. The van der Waals surface area contributed by atoms with Crippen molar-refractivity contribution in [2.45, 2.75) is 63.9 Å². The van der Waals surface area contributed by atoms with Crippen LogP contribution in [0.2, 0.25) is 0 Å². The highest BCUT2D eigenvalue weighted by Gasteiger charge is 2.55. The minimum Gasteiger partial charge on any atom is -0.481 e. The van der Waals surface area contributed by atoms with Crippen molar-refractivity contribution in [3.63, 3.8) is 0 Å². The second-order valence-corrected chi connectivity index (χ2v) is 8.39. The van der Waals surface area contributed by atoms with Crippen LogP contribution in [0.5, 0.6) is 0 Å². The highest BCUT2D eigenvalue weighted by molar-refractivity contribution is 5.75. The summed E-state index contributed by atoms with van der Waals surface area (Å²) in [4.78, 5) is 11.9. The third kappa shape index (κ3) is 2.39. The number of carboxylic acids is 1. The molecule has 1 unspecified atom stereocenters. The first-order valence-corrected chi connectivity index (χ1v) is 8.86. The van der Waals surface area contributed by atoms with E-state index in [0.29, 0.717) is 0 Å². The molecule has 3 N–H and O–H groups in total. The fourth-order valence-electron chi connectivity index (χ4n) is 5.17. The minimum absolute atomic E-state index is 0.132. The molecule has 2 aliphatic carbocycles. The van der Waals surface area contributed by atoms with Crippen LogP contribution in [0.1, 0.15) is 63.1 Å². The number of benzene rings is 1. The van der Waals surface area contributed by atoms with Gasteiger partial charge in [-0.1, -0.05) is 31.5 Å². The Morgan fingerprint density at radius 3 is 2.67 bits per heavy atom. The van der Waals surface area contributed by atoms with E-state index in [2.05, 4.69) is 13.0 Å². The first kappa shape index (κ1) is 17.4. The van der Waals surface area contributed by atoms with Crippen molar-refractivity contribution in [3.8, 4) is 0 Å². The van der Waals surface area contributed by atoms with Gasteiger partial charge in [-0.3, -0.25) is 4.79 Å². The molecule has 0 aromatic heterocycles. The molecule has 0 saturated heterocycles. The highest BCUT2D eigenvalue weighted by atomic mass is 16.4. The molecule has 24 heavy (non-hydrogen) atoms. The fourth-order valence-corrected chi connectivity index (χ4v) is 5.17. The van der Waals surface area contributed by atoms with Crippen molar-refractivity contribution >= 4 is 5.97 Å². The van der Waals surface area contributed by atoms with Crippen LogP contribution in [0.25, 0.3) is 0 Å². The van der Waals surface area contributed by atoms with Gasteiger partial charge < -0.3 is 15.3 Å². The summed E-state index contributed by atoms with van der Waals surface area (Å²) in [6.07, 6.45) is 4.36. The molecule has 0 bridgehead atoms. The van der Waals surface area contributed by atoms with Crippen LogP contribution in [0.3, 0.4) is 0 Å². The maximum Gasteiger partial charge on any atom is 0.309 e. The molecule has 0 aliphatic heterocycles. The van der Waals surface area contributed by atoms with E-state index in [4.69, 9.17) is 0 Å². The van der Waals surface area contributed by atoms with Gasteiger partial charge in [0.15, 0.2) is 0 Å². The number of aliphatic carboxylic acids is 1. The average Bonchev–Trinajstić information content (AvgIpc) is 2.54. The van der Waals surface area contributed by atoms with Gasteiger partial charge in [-0.05, 0) is 67.6 Å². The molecular formula is C20H28O4. The Hall–Kier alpha value is -1.39. The largest absolute Gasteiger partial charge is 0.481 e. The second kappa shape index (κ2) is 5.57. The second-order valence-electron chi connectivity index (χ2n) is 8.39. The Balaban J connectivity index is 2.06. The predicted molar refractivity (Wildman–Crippen MR) is 91.9 cm³/mol. The quantitative estimate of drug-likeness (QED) is 0.795. The molecule has 0 radical (unpaired) electrons. The van der Waals surface area contributed by atoms with Crippen molar-refractivity contribution in [2.24, 2.45) is 11.3 Å². The topological polar surface area (TPSA) is 77.8 Å². The Labute approximate surface area is 143 Å². The first-order valence-electron chi connectivity index (χ1n) is 8.86. The van der Waals surface area contributed by atoms with Gasteiger partial charge >= 0.3 is 5.97 Å². The number of hydrogen-bond acceptors (Lipinski definition) is 3. The normalized spacial score (nSPS) is 34.8. The molecule has 0 heterocycles. The smallest absolute Gasteiger partial charge is 0.309 e. The Bertz CT molecular complexity index is 666. The Morgan fingerprint density at radius 2 is 2.04 bits per heavy atom. The first-order chi connectivity index (χ1) is 11.1. The van der Waals surface area contributed by atoms with Crippen molar-refractivity contribution in [1.82, 2.24) is 0 Å². The summed E-state index contributed by atoms with van der Waals surface area (Å²) in [6.45, 7) is 5.42. The maximum absolute atomic E-state index is 11.9. The van der Waals surface area contributed by atoms with Crippen LogP contribution in [0, 0.1) is 11.3 Å². The molecule has 132 valence electrons. The maximum atomic E-state index is 11.9. The zero-order valence-corrected chi connectivity index (χ0v) is 14.8. The molecule has 4 nitrogen and oxygen atoms in total. The van der Waals surface area contributed by atoms with Crippen LogP contribution >= 0.6 is 0 Å². The van der Waals surface area contributed by atoms with Crippen molar-refractivity contribution in [1.29, 1.82) is 0 Å². The lowest BCUT2D eigenvalue weighted by Crippen LogP contribution is -2.52. The van der Waals surface area contributed by atoms with Gasteiger partial charge in [0, 0.05) is 0 Å². The van der Waals surface area contributed by atoms with E-state index in [9.17, 15) is 20.1 Å². The van der Waals surface area contributed by atoms with Crippen LogP contribution < -0.4 is 0 Å². The van der Waals surface area contributed by atoms with Gasteiger partial charge in [-0.2, -0.15) is 0 Å². The van der Waals surface area contributed by atoms with Gasteiger partial charge in [0.25, 0.3) is 0 Å². The molecular weight excluding hydrogens is 304 g/mol. The molecule has 1 aromatic rings. The predicted octanol–water partition coefficient (Wildman–Crippen LogP) is 2.98. The molecule has 0 spiro atoms. The zero-order chi connectivity index (χ0) is 17.8. The SMILES string of the molecule is CC(O)(CO)c1ccc2c(c1)CC[C@H]1[C@](C)(C(=O)O)CCC[C@]21C.